The molecule has 0 saturated carbocycles. The number of rotatable bonds is 6. The van der Waals surface area contributed by atoms with E-state index in [1.807, 2.05) is 26.5 Å². The van der Waals surface area contributed by atoms with Gasteiger partial charge in [0.1, 0.15) is 0 Å². The van der Waals surface area contributed by atoms with Gasteiger partial charge in [-0.2, -0.15) is 5.10 Å². The molecule has 2 aromatic heterocycles. The Morgan fingerprint density at radius 3 is 2.78 bits per heavy atom. The molecule has 2 aliphatic rings. The third kappa shape index (κ3) is 4.19. The zero-order valence-corrected chi connectivity index (χ0v) is 18.9. The minimum absolute atomic E-state index is 0.0309. The van der Waals surface area contributed by atoms with E-state index in [4.69, 9.17) is 0 Å². The molecule has 168 valence electrons. The Hall–Kier alpha value is -3.00. The van der Waals surface area contributed by atoms with Gasteiger partial charge in [0, 0.05) is 44.0 Å². The van der Waals surface area contributed by atoms with Crippen molar-refractivity contribution in [2.75, 3.05) is 13.1 Å². The third-order valence-corrected chi connectivity index (χ3v) is 6.82. The van der Waals surface area contributed by atoms with E-state index in [2.05, 4.69) is 58.6 Å². The molecule has 1 aromatic carbocycles. The Bertz CT molecular complexity index is 1100. The fourth-order valence-corrected chi connectivity index (χ4v) is 4.94. The summed E-state index contributed by atoms with van der Waals surface area (Å²) in [6, 6.07) is 8.74. The van der Waals surface area contributed by atoms with Crippen LogP contribution in [-0.2, 0) is 32.6 Å². The molecule has 0 radical (unpaired) electrons. The van der Waals surface area contributed by atoms with E-state index in [0.717, 1.165) is 51.3 Å². The number of hydrogen-bond acceptors (Lipinski definition) is 5. The Labute approximate surface area is 188 Å². The van der Waals surface area contributed by atoms with Crippen molar-refractivity contribution in [3.63, 3.8) is 0 Å². The molecule has 0 bridgehead atoms. The van der Waals surface area contributed by atoms with E-state index in [-0.39, 0.29) is 5.91 Å². The number of aryl methyl sites for hydroxylation is 2. The van der Waals surface area contributed by atoms with Gasteiger partial charge in [-0.25, -0.2) is 0 Å². The average Bonchev–Trinajstić information content (AvgIpc) is 3.55. The van der Waals surface area contributed by atoms with E-state index in [1.54, 1.807) is 0 Å². The lowest BCUT2D eigenvalue weighted by Gasteiger charge is -2.28. The molecule has 1 fully saturated rings. The van der Waals surface area contributed by atoms with Gasteiger partial charge in [0.25, 0.3) is 5.91 Å². The summed E-state index contributed by atoms with van der Waals surface area (Å²) in [5.74, 6) is -0.0309. The van der Waals surface area contributed by atoms with Crippen molar-refractivity contribution in [3.05, 3.63) is 64.7 Å². The van der Waals surface area contributed by atoms with E-state index in [0.29, 0.717) is 18.3 Å². The highest BCUT2D eigenvalue weighted by atomic mass is 16.2. The van der Waals surface area contributed by atoms with Crippen molar-refractivity contribution < 1.29 is 4.79 Å². The van der Waals surface area contributed by atoms with E-state index < -0.39 is 0 Å². The fourth-order valence-electron chi connectivity index (χ4n) is 4.94. The molecule has 1 atom stereocenters. The van der Waals surface area contributed by atoms with Crippen molar-refractivity contribution in [1.29, 1.82) is 0 Å². The van der Waals surface area contributed by atoms with Crippen molar-refractivity contribution in [3.8, 4) is 0 Å². The summed E-state index contributed by atoms with van der Waals surface area (Å²) >= 11 is 0. The minimum atomic E-state index is -0.0309. The number of carbonyl (C=O) groups excluding carboxylic acids is 1. The lowest BCUT2D eigenvalue weighted by atomic mass is 10.00. The summed E-state index contributed by atoms with van der Waals surface area (Å²) in [6.07, 6.45) is 7.18. The molecule has 0 N–H and O–H groups in total. The van der Waals surface area contributed by atoms with Gasteiger partial charge in [0.2, 0.25) is 0 Å². The number of amides is 1. The Morgan fingerprint density at radius 1 is 1.12 bits per heavy atom. The Balaban J connectivity index is 1.23. The van der Waals surface area contributed by atoms with Crippen LogP contribution in [-0.4, -0.2) is 59.6 Å². The molecule has 0 aliphatic carbocycles. The topological polar surface area (TPSA) is 72.1 Å². The predicted molar refractivity (Wildman–Crippen MR) is 121 cm³/mol. The standard InChI is InChI=1S/C24H31N7O/c1-3-30-15-21(18(2)26-30)14-28-11-6-9-22(28)16-31-17-23(25-27-31)24(32)29-12-10-19-7-4-5-8-20(19)13-29/h4-5,7-8,15,17,22H,3,6,9-14,16H2,1-2H3/t22-/m0/s1. The van der Waals surface area contributed by atoms with Gasteiger partial charge in [-0.1, -0.05) is 29.5 Å². The van der Waals surface area contributed by atoms with Crippen LogP contribution in [0, 0.1) is 6.92 Å². The van der Waals surface area contributed by atoms with Gasteiger partial charge in [0.05, 0.1) is 18.4 Å². The summed E-state index contributed by atoms with van der Waals surface area (Å²) in [6.45, 7) is 9.20. The van der Waals surface area contributed by atoms with E-state index in [1.165, 1.54) is 23.1 Å². The molecular weight excluding hydrogens is 402 g/mol. The molecular formula is C24H31N7O. The fraction of sp³-hybridized carbons (Fsp3) is 0.500. The maximum atomic E-state index is 13.0. The summed E-state index contributed by atoms with van der Waals surface area (Å²) < 4.78 is 3.85. The summed E-state index contributed by atoms with van der Waals surface area (Å²) in [5, 5.41) is 13.1. The highest BCUT2D eigenvalue weighted by molar-refractivity contribution is 5.92. The number of benzene rings is 1. The van der Waals surface area contributed by atoms with Crippen LogP contribution in [0.15, 0.2) is 36.7 Å². The molecule has 5 rings (SSSR count). The largest absolute Gasteiger partial charge is 0.333 e. The molecule has 4 heterocycles. The highest BCUT2D eigenvalue weighted by Crippen LogP contribution is 2.23. The summed E-state index contributed by atoms with van der Waals surface area (Å²) in [4.78, 5) is 17.4. The maximum Gasteiger partial charge on any atom is 0.276 e. The van der Waals surface area contributed by atoms with Gasteiger partial charge >= 0.3 is 0 Å². The molecule has 0 unspecified atom stereocenters. The number of aromatic nitrogens is 5. The highest BCUT2D eigenvalue weighted by Gasteiger charge is 2.28. The van der Waals surface area contributed by atoms with Gasteiger partial charge in [-0.05, 0) is 50.8 Å². The zero-order chi connectivity index (χ0) is 22.1. The van der Waals surface area contributed by atoms with Crippen LogP contribution in [0.5, 0.6) is 0 Å². The molecule has 2 aliphatic heterocycles. The number of nitrogens with zero attached hydrogens (tertiary/aromatic N) is 7. The molecule has 8 nitrogen and oxygen atoms in total. The van der Waals surface area contributed by atoms with Crippen LogP contribution in [0.25, 0.3) is 0 Å². The van der Waals surface area contributed by atoms with E-state index in [9.17, 15) is 4.79 Å². The second-order valence-corrected chi connectivity index (χ2v) is 8.93. The Kier molecular flexibility index (Phi) is 5.78. The maximum absolute atomic E-state index is 13.0. The molecule has 0 spiro atoms. The van der Waals surface area contributed by atoms with Crippen LogP contribution in [0.4, 0.5) is 0 Å². The van der Waals surface area contributed by atoms with Crippen LogP contribution in [0.3, 0.4) is 0 Å². The average molecular weight is 434 g/mol. The van der Waals surface area contributed by atoms with Crippen molar-refractivity contribution >= 4 is 5.91 Å². The zero-order valence-electron chi connectivity index (χ0n) is 18.9. The van der Waals surface area contributed by atoms with Crippen LogP contribution >= 0.6 is 0 Å². The minimum Gasteiger partial charge on any atom is -0.333 e. The lowest BCUT2D eigenvalue weighted by molar-refractivity contribution is 0.0728. The third-order valence-electron chi connectivity index (χ3n) is 6.82. The predicted octanol–water partition coefficient (Wildman–Crippen LogP) is 2.67. The second-order valence-electron chi connectivity index (χ2n) is 8.93. The van der Waals surface area contributed by atoms with Crippen LogP contribution in [0.1, 0.15) is 52.6 Å². The first kappa shape index (κ1) is 20.9. The number of hydrogen-bond donors (Lipinski definition) is 0. The molecule has 1 saturated heterocycles. The second kappa shape index (κ2) is 8.86. The summed E-state index contributed by atoms with van der Waals surface area (Å²) in [7, 11) is 0. The van der Waals surface area contributed by atoms with Crippen molar-refractivity contribution in [2.45, 2.75) is 65.3 Å². The number of likely N-dealkylation sites (tertiary alicyclic amines) is 1. The first-order valence-electron chi connectivity index (χ1n) is 11.6. The van der Waals surface area contributed by atoms with Crippen LogP contribution < -0.4 is 0 Å². The van der Waals surface area contributed by atoms with Crippen molar-refractivity contribution in [1.82, 2.24) is 34.6 Å². The van der Waals surface area contributed by atoms with E-state index >= 15 is 0 Å². The molecule has 3 aromatic rings. The van der Waals surface area contributed by atoms with Crippen LogP contribution in [0.2, 0.25) is 0 Å². The monoisotopic (exact) mass is 433 g/mol. The van der Waals surface area contributed by atoms with Crippen molar-refractivity contribution in [2.24, 2.45) is 0 Å². The quantitative estimate of drug-likeness (QED) is 0.598. The normalized spacial score (nSPS) is 18.8. The van der Waals surface area contributed by atoms with Gasteiger partial charge in [-0.15, -0.1) is 5.10 Å². The smallest absolute Gasteiger partial charge is 0.276 e. The Morgan fingerprint density at radius 2 is 1.97 bits per heavy atom. The first-order chi connectivity index (χ1) is 15.6. The van der Waals surface area contributed by atoms with Gasteiger partial charge < -0.3 is 4.90 Å². The number of carbonyl (C=O) groups is 1. The number of fused-ring (bicyclic) bond motifs is 1. The van der Waals surface area contributed by atoms with Gasteiger partial charge in [0.15, 0.2) is 5.69 Å². The first-order valence-corrected chi connectivity index (χ1v) is 11.6. The molecule has 1 amide bonds. The summed E-state index contributed by atoms with van der Waals surface area (Å²) in [5.41, 5.74) is 5.39. The lowest BCUT2D eigenvalue weighted by Crippen LogP contribution is -2.36. The molecule has 8 heteroatoms. The molecule has 32 heavy (non-hydrogen) atoms. The SMILES string of the molecule is CCn1cc(CN2CCC[C@H]2Cn2cc(C(=O)N3CCc4ccccc4C3)nn2)c(C)n1. The van der Waals surface area contributed by atoms with Gasteiger partial charge in [-0.3, -0.25) is 19.1 Å².